The molecule has 66 valence electrons. The summed E-state index contributed by atoms with van der Waals surface area (Å²) in [6, 6.07) is 0. The van der Waals surface area contributed by atoms with Crippen LogP contribution in [0.5, 0.6) is 0 Å². The number of hydrogen-bond acceptors (Lipinski definition) is 2. The van der Waals surface area contributed by atoms with E-state index in [2.05, 4.69) is 5.32 Å². The van der Waals surface area contributed by atoms with Gasteiger partial charge in [-0.1, -0.05) is 25.7 Å². The Morgan fingerprint density at radius 1 is 0.818 bits per heavy atom. The van der Waals surface area contributed by atoms with Crippen molar-refractivity contribution in [2.75, 3.05) is 19.9 Å². The van der Waals surface area contributed by atoms with Gasteiger partial charge in [0.15, 0.2) is 0 Å². The van der Waals surface area contributed by atoms with Crippen LogP contribution in [0.2, 0.25) is 0 Å². The first-order chi connectivity index (χ1) is 5.50. The van der Waals surface area contributed by atoms with Gasteiger partial charge in [0.25, 0.3) is 0 Å². The molecule has 0 atom stereocenters. The molecule has 2 nitrogen and oxygen atoms in total. The number of hydrogen-bond donors (Lipinski definition) is 1. The molecular formula is C9H19NO. The van der Waals surface area contributed by atoms with Crippen LogP contribution in [-0.4, -0.2) is 19.9 Å². The Balaban J connectivity index is 2.02. The Hall–Kier alpha value is -0.0800. The van der Waals surface area contributed by atoms with Crippen LogP contribution in [0.4, 0.5) is 0 Å². The van der Waals surface area contributed by atoms with Crippen LogP contribution in [0.3, 0.4) is 0 Å². The highest BCUT2D eigenvalue weighted by molar-refractivity contribution is 4.49. The van der Waals surface area contributed by atoms with Crippen molar-refractivity contribution >= 4 is 0 Å². The van der Waals surface area contributed by atoms with Crippen molar-refractivity contribution in [3.63, 3.8) is 0 Å². The lowest BCUT2D eigenvalue weighted by Crippen LogP contribution is -2.19. The molecule has 0 bridgehead atoms. The molecule has 0 amide bonds. The molecule has 1 aliphatic heterocycles. The molecule has 1 aliphatic rings. The Morgan fingerprint density at radius 3 is 2.45 bits per heavy atom. The molecule has 0 aliphatic carbocycles. The summed E-state index contributed by atoms with van der Waals surface area (Å²) in [7, 11) is 0. The van der Waals surface area contributed by atoms with Gasteiger partial charge < -0.3 is 4.74 Å². The number of nitrogens with one attached hydrogen (secondary N) is 1. The molecule has 1 N–H and O–H groups in total. The van der Waals surface area contributed by atoms with Gasteiger partial charge in [-0.15, -0.1) is 0 Å². The molecule has 0 aromatic heterocycles. The predicted molar refractivity (Wildman–Crippen MR) is 46.5 cm³/mol. The molecule has 0 aromatic rings. The monoisotopic (exact) mass is 157 g/mol. The minimum atomic E-state index is 0.750. The Labute approximate surface area is 69.3 Å². The van der Waals surface area contributed by atoms with Gasteiger partial charge >= 0.3 is 0 Å². The highest BCUT2D eigenvalue weighted by Crippen LogP contribution is 2.05. The summed E-state index contributed by atoms with van der Waals surface area (Å²) in [5, 5.41) is 3.26. The smallest absolute Gasteiger partial charge is 0.0965 e. The first-order valence-electron chi connectivity index (χ1n) is 4.78. The molecule has 1 saturated heterocycles. The van der Waals surface area contributed by atoms with Crippen molar-refractivity contribution in [3.05, 3.63) is 0 Å². The van der Waals surface area contributed by atoms with Crippen LogP contribution in [0, 0.1) is 0 Å². The zero-order valence-corrected chi connectivity index (χ0v) is 7.27. The highest BCUT2D eigenvalue weighted by atomic mass is 16.5. The first-order valence-corrected chi connectivity index (χ1v) is 4.78. The first kappa shape index (κ1) is 9.01. The third-order valence-corrected chi connectivity index (χ3v) is 2.10. The van der Waals surface area contributed by atoms with Gasteiger partial charge in [-0.3, -0.25) is 5.32 Å². The highest BCUT2D eigenvalue weighted by Gasteiger charge is 1.94. The molecule has 0 unspecified atom stereocenters. The van der Waals surface area contributed by atoms with Crippen LogP contribution >= 0.6 is 0 Å². The second kappa shape index (κ2) is 6.62. The normalized spacial score (nSPS) is 24.0. The van der Waals surface area contributed by atoms with E-state index in [9.17, 15) is 0 Å². The number of rotatable bonds is 0. The zero-order valence-electron chi connectivity index (χ0n) is 7.27. The topological polar surface area (TPSA) is 21.3 Å². The zero-order chi connectivity index (χ0) is 7.78. The van der Waals surface area contributed by atoms with Crippen molar-refractivity contribution in [1.29, 1.82) is 0 Å². The van der Waals surface area contributed by atoms with E-state index < -0.39 is 0 Å². The molecule has 0 radical (unpaired) electrons. The summed E-state index contributed by atoms with van der Waals surface area (Å²) in [6.07, 6.45) is 8.07. The van der Waals surface area contributed by atoms with Crippen LogP contribution in [0.25, 0.3) is 0 Å². The lowest BCUT2D eigenvalue weighted by Gasteiger charge is -2.03. The minimum absolute atomic E-state index is 0.750. The summed E-state index contributed by atoms with van der Waals surface area (Å²) in [4.78, 5) is 0. The third-order valence-electron chi connectivity index (χ3n) is 2.10. The summed E-state index contributed by atoms with van der Waals surface area (Å²) >= 11 is 0. The standard InChI is InChI=1S/C9H19NO/c1-2-4-6-8-11-9-10-7-5-3-1/h10H,1-9H2. The Morgan fingerprint density at radius 2 is 1.55 bits per heavy atom. The van der Waals surface area contributed by atoms with E-state index in [0.717, 1.165) is 19.9 Å². The number of ether oxygens (including phenoxy) is 1. The van der Waals surface area contributed by atoms with E-state index in [1.165, 1.54) is 38.5 Å². The van der Waals surface area contributed by atoms with E-state index >= 15 is 0 Å². The van der Waals surface area contributed by atoms with Gasteiger partial charge in [0, 0.05) is 6.61 Å². The summed E-state index contributed by atoms with van der Waals surface area (Å²) in [5.41, 5.74) is 0. The van der Waals surface area contributed by atoms with Crippen LogP contribution in [0.15, 0.2) is 0 Å². The van der Waals surface area contributed by atoms with E-state index in [-0.39, 0.29) is 0 Å². The third kappa shape index (κ3) is 5.22. The SMILES string of the molecule is C1CCCCOCNCCC1. The Kier molecular flexibility index (Phi) is 5.42. The molecule has 0 aromatic carbocycles. The van der Waals surface area contributed by atoms with Gasteiger partial charge in [0.2, 0.25) is 0 Å². The lowest BCUT2D eigenvalue weighted by molar-refractivity contribution is 0.114. The maximum absolute atomic E-state index is 5.35. The van der Waals surface area contributed by atoms with Crippen molar-refractivity contribution < 1.29 is 4.74 Å². The molecular weight excluding hydrogens is 138 g/mol. The molecule has 1 heterocycles. The van der Waals surface area contributed by atoms with E-state index in [1.54, 1.807) is 0 Å². The van der Waals surface area contributed by atoms with Crippen molar-refractivity contribution in [3.8, 4) is 0 Å². The van der Waals surface area contributed by atoms with Gasteiger partial charge in [-0.05, 0) is 19.4 Å². The quantitative estimate of drug-likeness (QED) is 0.580. The predicted octanol–water partition coefficient (Wildman–Crippen LogP) is 1.90. The largest absolute Gasteiger partial charge is 0.366 e. The van der Waals surface area contributed by atoms with E-state index in [4.69, 9.17) is 4.74 Å². The lowest BCUT2D eigenvalue weighted by atomic mass is 10.1. The minimum Gasteiger partial charge on any atom is -0.366 e. The average Bonchev–Trinajstić information content (AvgIpc) is 2.08. The summed E-state index contributed by atoms with van der Waals surface area (Å²) < 4.78 is 5.35. The van der Waals surface area contributed by atoms with Crippen molar-refractivity contribution in [2.45, 2.75) is 38.5 Å². The van der Waals surface area contributed by atoms with Crippen molar-refractivity contribution in [1.82, 2.24) is 5.32 Å². The summed E-state index contributed by atoms with van der Waals surface area (Å²) in [6.45, 7) is 2.81. The van der Waals surface area contributed by atoms with Gasteiger partial charge in [0.1, 0.15) is 0 Å². The molecule has 0 saturated carbocycles. The average molecular weight is 157 g/mol. The van der Waals surface area contributed by atoms with Crippen molar-refractivity contribution in [2.24, 2.45) is 0 Å². The Bertz CT molecular complexity index is 47.6. The van der Waals surface area contributed by atoms with Gasteiger partial charge in [0.05, 0.1) is 6.73 Å². The molecule has 11 heavy (non-hydrogen) atoms. The van der Waals surface area contributed by atoms with Crippen LogP contribution < -0.4 is 5.32 Å². The summed E-state index contributed by atoms with van der Waals surface area (Å²) in [5.74, 6) is 0. The van der Waals surface area contributed by atoms with Gasteiger partial charge in [-0.2, -0.15) is 0 Å². The van der Waals surface area contributed by atoms with Gasteiger partial charge in [-0.25, -0.2) is 0 Å². The van der Waals surface area contributed by atoms with E-state index in [1.807, 2.05) is 0 Å². The fourth-order valence-electron chi connectivity index (χ4n) is 1.38. The molecule has 2 heteroatoms. The molecule has 1 rings (SSSR count). The fourth-order valence-corrected chi connectivity index (χ4v) is 1.38. The molecule has 1 fully saturated rings. The second-order valence-corrected chi connectivity index (χ2v) is 3.17. The maximum atomic E-state index is 5.35. The maximum Gasteiger partial charge on any atom is 0.0965 e. The fraction of sp³-hybridized carbons (Fsp3) is 1.00. The van der Waals surface area contributed by atoms with Crippen LogP contribution in [-0.2, 0) is 4.74 Å². The second-order valence-electron chi connectivity index (χ2n) is 3.17. The molecule has 0 spiro atoms. The van der Waals surface area contributed by atoms with Crippen LogP contribution in [0.1, 0.15) is 38.5 Å². The van der Waals surface area contributed by atoms with E-state index in [0.29, 0.717) is 0 Å².